The van der Waals surface area contributed by atoms with Gasteiger partial charge in [-0.25, -0.2) is 4.79 Å². The Kier molecular flexibility index (Phi) is 3.94. The van der Waals surface area contributed by atoms with Crippen molar-refractivity contribution in [2.24, 2.45) is 5.41 Å². The van der Waals surface area contributed by atoms with Crippen LogP contribution < -0.4 is 5.32 Å². The second kappa shape index (κ2) is 5.39. The van der Waals surface area contributed by atoms with Crippen molar-refractivity contribution in [3.8, 4) is 0 Å². The largest absolute Gasteiger partial charge is 0.462 e. The van der Waals surface area contributed by atoms with Crippen molar-refractivity contribution in [2.75, 3.05) is 11.9 Å². The molecule has 2 aliphatic rings. The van der Waals surface area contributed by atoms with Gasteiger partial charge in [0.25, 0.3) is 0 Å². The molecule has 0 aliphatic heterocycles. The predicted octanol–water partition coefficient (Wildman–Crippen LogP) is 4.32. The molecular formula is C15H17Cl2NO3S. The maximum Gasteiger partial charge on any atom is 0.341 e. The number of carbonyl (C=O) groups is 2. The highest BCUT2D eigenvalue weighted by Gasteiger charge is 2.68. The van der Waals surface area contributed by atoms with Crippen molar-refractivity contribution >= 4 is 51.4 Å². The van der Waals surface area contributed by atoms with Gasteiger partial charge in [0.05, 0.1) is 17.6 Å². The third kappa shape index (κ3) is 2.63. The Labute approximate surface area is 143 Å². The number of nitrogens with one attached hydrogen (secondary N) is 1. The summed E-state index contributed by atoms with van der Waals surface area (Å²) in [6, 6.07) is 0. The zero-order chi connectivity index (χ0) is 16.1. The number of thiophene rings is 1. The third-order valence-corrected chi connectivity index (χ3v) is 6.32. The fourth-order valence-electron chi connectivity index (χ4n) is 2.46. The summed E-state index contributed by atoms with van der Waals surface area (Å²) in [5.41, 5.74) is 0.649. The lowest BCUT2D eigenvalue weighted by molar-refractivity contribution is -0.120. The number of ether oxygens (including phenoxy) is 1. The zero-order valence-corrected chi connectivity index (χ0v) is 14.7. The van der Waals surface area contributed by atoms with Crippen molar-refractivity contribution in [3.05, 3.63) is 16.5 Å². The van der Waals surface area contributed by atoms with E-state index >= 15 is 0 Å². The summed E-state index contributed by atoms with van der Waals surface area (Å²) >= 11 is 13.4. The van der Waals surface area contributed by atoms with E-state index in [1.54, 1.807) is 13.8 Å². The van der Waals surface area contributed by atoms with Gasteiger partial charge in [0.1, 0.15) is 9.33 Å². The lowest BCUT2D eigenvalue weighted by Crippen LogP contribution is -2.26. The summed E-state index contributed by atoms with van der Waals surface area (Å²) in [5, 5.41) is 5.28. The summed E-state index contributed by atoms with van der Waals surface area (Å²) in [4.78, 5) is 24.6. The van der Waals surface area contributed by atoms with Gasteiger partial charge < -0.3 is 10.1 Å². The van der Waals surface area contributed by atoms with Crippen LogP contribution in [0.1, 0.15) is 54.9 Å². The normalized spacial score (nSPS) is 25.6. The zero-order valence-electron chi connectivity index (χ0n) is 12.4. The number of hydrogen-bond donors (Lipinski definition) is 1. The predicted molar refractivity (Wildman–Crippen MR) is 88.0 cm³/mol. The van der Waals surface area contributed by atoms with Gasteiger partial charge in [0, 0.05) is 0 Å². The minimum Gasteiger partial charge on any atom is -0.462 e. The Balaban J connectivity index is 1.85. The SMILES string of the molecule is CCOC(=O)c1c(C2CC2)csc1NC(=O)C1(C)CC1(Cl)Cl. The molecule has 1 unspecified atom stereocenters. The molecule has 0 radical (unpaired) electrons. The smallest absolute Gasteiger partial charge is 0.341 e. The van der Waals surface area contributed by atoms with E-state index in [4.69, 9.17) is 27.9 Å². The van der Waals surface area contributed by atoms with Gasteiger partial charge >= 0.3 is 5.97 Å². The first kappa shape index (κ1) is 16.1. The molecule has 0 saturated heterocycles. The molecule has 0 spiro atoms. The molecule has 1 atom stereocenters. The first-order valence-electron chi connectivity index (χ1n) is 7.28. The Hall–Kier alpha value is -0.780. The van der Waals surface area contributed by atoms with Gasteiger partial charge in [-0.05, 0) is 50.0 Å². The summed E-state index contributed by atoms with van der Waals surface area (Å²) in [6.45, 7) is 3.79. The maximum atomic E-state index is 12.4. The molecule has 1 aromatic heterocycles. The van der Waals surface area contributed by atoms with Crippen LogP contribution in [0.15, 0.2) is 5.38 Å². The van der Waals surface area contributed by atoms with E-state index < -0.39 is 9.75 Å². The van der Waals surface area contributed by atoms with Crippen LogP contribution in [0.4, 0.5) is 5.00 Å². The number of rotatable bonds is 5. The lowest BCUT2D eigenvalue weighted by Gasteiger charge is -2.13. The quantitative estimate of drug-likeness (QED) is 0.627. The fraction of sp³-hybridized carbons (Fsp3) is 0.600. The van der Waals surface area contributed by atoms with Gasteiger partial charge in [0.15, 0.2) is 0 Å². The second-order valence-electron chi connectivity index (χ2n) is 6.06. The van der Waals surface area contributed by atoms with Crippen molar-refractivity contribution in [1.29, 1.82) is 0 Å². The van der Waals surface area contributed by atoms with Crippen molar-refractivity contribution in [2.45, 2.75) is 43.4 Å². The third-order valence-electron chi connectivity index (χ3n) is 4.30. The maximum absolute atomic E-state index is 12.4. The Bertz CT molecular complexity index is 639. The Morgan fingerprint density at radius 3 is 2.59 bits per heavy atom. The van der Waals surface area contributed by atoms with Crippen LogP contribution in [-0.2, 0) is 9.53 Å². The Morgan fingerprint density at radius 2 is 2.09 bits per heavy atom. The fourth-order valence-corrected chi connectivity index (χ4v) is 4.19. The van der Waals surface area contributed by atoms with E-state index in [1.807, 2.05) is 5.38 Å². The molecule has 4 nitrogen and oxygen atoms in total. The number of hydrogen-bond acceptors (Lipinski definition) is 4. The van der Waals surface area contributed by atoms with Crippen LogP contribution in [0, 0.1) is 5.41 Å². The van der Waals surface area contributed by atoms with Crippen LogP contribution in [0.25, 0.3) is 0 Å². The summed E-state index contributed by atoms with van der Waals surface area (Å²) in [5.74, 6) is -0.241. The highest BCUT2D eigenvalue weighted by molar-refractivity contribution is 7.15. The average Bonchev–Trinajstić information content (AvgIpc) is 3.30. The van der Waals surface area contributed by atoms with Gasteiger partial charge in [-0.3, -0.25) is 4.79 Å². The second-order valence-corrected chi connectivity index (χ2v) is 8.42. The van der Waals surface area contributed by atoms with Crippen molar-refractivity contribution in [3.63, 3.8) is 0 Å². The molecule has 3 rings (SSSR count). The minimum atomic E-state index is -1.03. The van der Waals surface area contributed by atoms with Gasteiger partial charge in [-0.1, -0.05) is 0 Å². The van der Waals surface area contributed by atoms with Crippen molar-refractivity contribution in [1.82, 2.24) is 0 Å². The molecule has 2 fully saturated rings. The molecule has 1 heterocycles. The highest BCUT2D eigenvalue weighted by Crippen LogP contribution is 2.64. The molecule has 2 saturated carbocycles. The van der Waals surface area contributed by atoms with Gasteiger partial charge in [-0.2, -0.15) is 0 Å². The van der Waals surface area contributed by atoms with E-state index in [-0.39, 0.29) is 11.9 Å². The van der Waals surface area contributed by atoms with Crippen LogP contribution in [0.5, 0.6) is 0 Å². The molecule has 120 valence electrons. The average molecular weight is 362 g/mol. The molecular weight excluding hydrogens is 345 g/mol. The van der Waals surface area contributed by atoms with E-state index in [0.29, 0.717) is 29.5 Å². The molecule has 1 aromatic rings. The van der Waals surface area contributed by atoms with Crippen LogP contribution in [-0.4, -0.2) is 22.8 Å². The van der Waals surface area contributed by atoms with Crippen molar-refractivity contribution < 1.29 is 14.3 Å². The number of amides is 1. The molecule has 7 heteroatoms. The topological polar surface area (TPSA) is 55.4 Å². The Morgan fingerprint density at radius 1 is 1.45 bits per heavy atom. The van der Waals surface area contributed by atoms with E-state index in [2.05, 4.69) is 5.32 Å². The molecule has 1 amide bonds. The molecule has 0 aromatic carbocycles. The van der Waals surface area contributed by atoms with E-state index in [1.165, 1.54) is 11.3 Å². The van der Waals surface area contributed by atoms with E-state index in [9.17, 15) is 9.59 Å². The van der Waals surface area contributed by atoms with Crippen LogP contribution in [0.3, 0.4) is 0 Å². The van der Waals surface area contributed by atoms with E-state index in [0.717, 1.165) is 18.4 Å². The molecule has 0 bridgehead atoms. The highest BCUT2D eigenvalue weighted by atomic mass is 35.5. The summed E-state index contributed by atoms with van der Waals surface area (Å²) in [7, 11) is 0. The van der Waals surface area contributed by atoms with Gasteiger partial charge in [0.2, 0.25) is 5.91 Å². The number of alkyl halides is 2. The minimum absolute atomic E-state index is 0.257. The summed E-state index contributed by atoms with van der Waals surface area (Å²) in [6.07, 6.45) is 2.55. The monoisotopic (exact) mass is 361 g/mol. The molecule has 2 aliphatic carbocycles. The van der Waals surface area contributed by atoms with Crippen LogP contribution in [0.2, 0.25) is 0 Å². The molecule has 22 heavy (non-hydrogen) atoms. The standard InChI is InChI=1S/C15H17Cl2NO3S/c1-3-21-12(19)10-9(8-4-5-8)6-22-11(10)18-13(20)14(2)7-15(14,16)17/h6,8H,3-5,7H2,1-2H3,(H,18,20). The number of halogens is 2. The van der Waals surface area contributed by atoms with Gasteiger partial charge in [-0.15, -0.1) is 34.5 Å². The summed E-state index contributed by atoms with van der Waals surface area (Å²) < 4.78 is 4.10. The first-order chi connectivity index (χ1) is 10.3. The molecule has 1 N–H and O–H groups in total. The first-order valence-corrected chi connectivity index (χ1v) is 8.91. The number of esters is 1. The van der Waals surface area contributed by atoms with Crippen LogP contribution >= 0.6 is 34.5 Å². The number of anilines is 1. The lowest BCUT2D eigenvalue weighted by atomic mass is 10.1. The number of carbonyl (C=O) groups excluding carboxylic acids is 2.